The van der Waals surface area contributed by atoms with Gasteiger partial charge < -0.3 is 9.47 Å². The molecule has 0 atom stereocenters. The Morgan fingerprint density at radius 2 is 0.943 bits per heavy atom. The molecule has 0 spiro atoms. The highest BCUT2D eigenvalue weighted by molar-refractivity contribution is 6.19. The molecule has 6 nitrogen and oxygen atoms in total. The Labute approximate surface area is 215 Å². The number of hydrogen-bond donors (Lipinski definition) is 0. The average molecular weight is 521 g/mol. The van der Waals surface area contributed by atoms with Gasteiger partial charge in [-0.1, -0.05) is 48.5 Å². The number of carbonyl (C=O) groups excluding carboxylic acids is 4. The topological polar surface area (TPSA) is 86.7 Å². The second-order valence-corrected chi connectivity index (χ2v) is 9.83. The molecule has 0 bridgehead atoms. The molecule has 188 valence electrons. The summed E-state index contributed by atoms with van der Waals surface area (Å²) in [6.45, 7) is 6.22. The molecule has 35 heavy (non-hydrogen) atoms. The number of hydrogen-bond acceptors (Lipinski definition) is 6. The van der Waals surface area contributed by atoms with Gasteiger partial charge in [0.05, 0.1) is 12.8 Å². The lowest BCUT2D eigenvalue weighted by Crippen LogP contribution is -2.37. The van der Waals surface area contributed by atoms with Crippen molar-refractivity contribution in [3.8, 4) is 0 Å². The maximum atomic E-state index is 12.8. The van der Waals surface area contributed by atoms with E-state index in [0.717, 1.165) is 11.1 Å². The number of rotatable bonds is 12. The van der Waals surface area contributed by atoms with Crippen LogP contribution in [0.15, 0.2) is 48.5 Å². The summed E-state index contributed by atoms with van der Waals surface area (Å²) in [4.78, 5) is 49.0. The second-order valence-electron chi connectivity index (χ2n) is 9.08. The van der Waals surface area contributed by atoms with Gasteiger partial charge in [0.1, 0.15) is 0 Å². The predicted octanol–water partition coefficient (Wildman–Crippen LogP) is 5.54. The Morgan fingerprint density at radius 3 is 1.23 bits per heavy atom. The van der Waals surface area contributed by atoms with Crippen molar-refractivity contribution in [1.82, 2.24) is 0 Å². The lowest BCUT2D eigenvalue weighted by atomic mass is 9.93. The largest absolute Gasteiger partial charge is 0.451 e. The predicted molar refractivity (Wildman–Crippen MR) is 135 cm³/mol. The van der Waals surface area contributed by atoms with Crippen LogP contribution in [0.2, 0.25) is 0 Å². The van der Waals surface area contributed by atoms with Crippen LogP contribution in [-0.4, -0.2) is 46.5 Å². The highest BCUT2D eigenvalue weighted by atomic mass is 35.5. The Balaban J connectivity index is 2.04. The molecule has 2 aromatic rings. The van der Waals surface area contributed by atoms with E-state index >= 15 is 0 Å². The van der Waals surface area contributed by atoms with Crippen molar-refractivity contribution in [2.45, 2.75) is 58.2 Å². The summed E-state index contributed by atoms with van der Waals surface area (Å²) in [6, 6.07) is 14.1. The zero-order valence-corrected chi connectivity index (χ0v) is 21.9. The third kappa shape index (κ3) is 8.18. The highest BCUT2D eigenvalue weighted by Gasteiger charge is 2.33. The minimum atomic E-state index is -1.29. The standard InChI is InChI=1S/C27H30Cl2O6/c1-26(2,34-22(30)13-15-28)24(32)20-9-5-18(6-10-20)17-19-7-11-21(12-8-19)25(33)27(3,4)35-23(31)14-16-29/h5-12H,13-17H2,1-4H3. The van der Waals surface area contributed by atoms with E-state index in [1.807, 2.05) is 24.3 Å². The lowest BCUT2D eigenvalue weighted by Gasteiger charge is -2.23. The van der Waals surface area contributed by atoms with E-state index in [2.05, 4.69) is 0 Å². The molecule has 0 aliphatic rings. The number of alkyl halides is 2. The molecule has 0 aromatic heterocycles. The number of carbonyl (C=O) groups is 4. The number of esters is 2. The van der Waals surface area contributed by atoms with Crippen LogP contribution in [0.3, 0.4) is 0 Å². The highest BCUT2D eigenvalue weighted by Crippen LogP contribution is 2.22. The third-order valence-electron chi connectivity index (χ3n) is 5.27. The van der Waals surface area contributed by atoms with E-state index in [1.54, 1.807) is 52.0 Å². The maximum Gasteiger partial charge on any atom is 0.307 e. The van der Waals surface area contributed by atoms with Crippen LogP contribution in [0.5, 0.6) is 0 Å². The van der Waals surface area contributed by atoms with Crippen LogP contribution in [-0.2, 0) is 25.5 Å². The van der Waals surface area contributed by atoms with Crippen LogP contribution in [0.25, 0.3) is 0 Å². The number of Topliss-reactive ketones (excluding diaryl/α,β-unsaturated/α-hetero) is 2. The zero-order valence-electron chi connectivity index (χ0n) is 20.4. The van der Waals surface area contributed by atoms with Crippen LogP contribution < -0.4 is 0 Å². The van der Waals surface area contributed by atoms with E-state index in [1.165, 1.54) is 0 Å². The number of benzene rings is 2. The van der Waals surface area contributed by atoms with Gasteiger partial charge >= 0.3 is 11.9 Å². The molecule has 8 heteroatoms. The van der Waals surface area contributed by atoms with Gasteiger partial charge in [-0.2, -0.15) is 0 Å². The molecule has 0 radical (unpaired) electrons. The van der Waals surface area contributed by atoms with Gasteiger partial charge in [0.15, 0.2) is 11.2 Å². The summed E-state index contributed by atoms with van der Waals surface area (Å²) in [5, 5.41) is 0. The van der Waals surface area contributed by atoms with Gasteiger partial charge in [0, 0.05) is 22.9 Å². The van der Waals surface area contributed by atoms with E-state index in [0.29, 0.717) is 17.5 Å². The maximum absolute atomic E-state index is 12.8. The Hall–Kier alpha value is -2.70. The van der Waals surface area contributed by atoms with E-state index in [9.17, 15) is 19.2 Å². The van der Waals surface area contributed by atoms with Crippen molar-refractivity contribution in [2.24, 2.45) is 0 Å². The second kappa shape index (κ2) is 12.3. The van der Waals surface area contributed by atoms with Crippen molar-refractivity contribution in [1.29, 1.82) is 0 Å². The molecule has 0 aliphatic carbocycles. The summed E-state index contributed by atoms with van der Waals surface area (Å²) in [7, 11) is 0. The fourth-order valence-electron chi connectivity index (χ4n) is 3.40. The summed E-state index contributed by atoms with van der Waals surface area (Å²) in [6.07, 6.45) is 0.668. The molecular formula is C27H30Cl2O6. The molecule has 0 fully saturated rings. The van der Waals surface area contributed by atoms with Crippen molar-refractivity contribution in [3.63, 3.8) is 0 Å². The van der Waals surface area contributed by atoms with E-state index in [-0.39, 0.29) is 36.2 Å². The molecule has 0 heterocycles. The minimum Gasteiger partial charge on any atom is -0.451 e. The monoisotopic (exact) mass is 520 g/mol. The summed E-state index contributed by atoms with van der Waals surface area (Å²) in [5.41, 5.74) is 0.215. The van der Waals surface area contributed by atoms with Crippen LogP contribution in [0.1, 0.15) is 72.4 Å². The SMILES string of the molecule is CC(C)(OC(=O)CCCl)C(=O)c1ccc(Cc2ccc(C(=O)C(C)(C)OC(=O)CCCl)cc2)cc1. The molecule has 0 aliphatic heterocycles. The first-order valence-electron chi connectivity index (χ1n) is 11.2. The van der Waals surface area contributed by atoms with Crippen LogP contribution in [0, 0.1) is 0 Å². The zero-order chi connectivity index (χ0) is 26.2. The fraction of sp³-hybridized carbons (Fsp3) is 0.407. The smallest absolute Gasteiger partial charge is 0.307 e. The first kappa shape index (κ1) is 28.5. The summed E-state index contributed by atoms with van der Waals surface area (Å²) >= 11 is 11.1. The van der Waals surface area contributed by atoms with Crippen LogP contribution >= 0.6 is 23.2 Å². The van der Waals surface area contributed by atoms with Gasteiger partial charge in [-0.3, -0.25) is 19.2 Å². The van der Waals surface area contributed by atoms with Gasteiger partial charge in [-0.05, 0) is 45.2 Å². The first-order chi connectivity index (χ1) is 16.4. The summed E-state index contributed by atoms with van der Waals surface area (Å²) < 4.78 is 10.5. The van der Waals surface area contributed by atoms with E-state index in [4.69, 9.17) is 32.7 Å². The van der Waals surface area contributed by atoms with Gasteiger partial charge in [-0.25, -0.2) is 0 Å². The molecule has 2 aromatic carbocycles. The van der Waals surface area contributed by atoms with Crippen molar-refractivity contribution in [3.05, 3.63) is 70.8 Å². The van der Waals surface area contributed by atoms with Crippen molar-refractivity contribution in [2.75, 3.05) is 11.8 Å². The normalized spacial score (nSPS) is 11.6. The molecule has 0 amide bonds. The van der Waals surface area contributed by atoms with Gasteiger partial charge in [0.2, 0.25) is 11.6 Å². The van der Waals surface area contributed by atoms with Gasteiger partial charge in [-0.15, -0.1) is 23.2 Å². The number of halogens is 2. The summed E-state index contributed by atoms with van der Waals surface area (Å²) in [5.74, 6) is -1.38. The average Bonchev–Trinajstić information content (AvgIpc) is 2.78. The number of ether oxygens (including phenoxy) is 2. The Morgan fingerprint density at radius 1 is 0.629 bits per heavy atom. The molecular weight excluding hydrogens is 491 g/mol. The lowest BCUT2D eigenvalue weighted by molar-refractivity contribution is -0.153. The Bertz CT molecular complexity index is 971. The van der Waals surface area contributed by atoms with E-state index < -0.39 is 23.1 Å². The van der Waals surface area contributed by atoms with Gasteiger partial charge in [0.25, 0.3) is 0 Å². The third-order valence-corrected chi connectivity index (χ3v) is 5.65. The Kier molecular flexibility index (Phi) is 10.0. The molecule has 0 N–H and O–H groups in total. The molecule has 0 saturated carbocycles. The minimum absolute atomic E-state index is 0.0399. The van der Waals surface area contributed by atoms with Crippen molar-refractivity contribution >= 4 is 46.7 Å². The fourth-order valence-corrected chi connectivity index (χ4v) is 3.71. The molecule has 0 unspecified atom stereocenters. The molecule has 2 rings (SSSR count). The first-order valence-corrected chi connectivity index (χ1v) is 12.3. The quantitative estimate of drug-likeness (QED) is 0.207. The van der Waals surface area contributed by atoms with Crippen molar-refractivity contribution < 1.29 is 28.7 Å². The number of ketones is 2. The molecule has 0 saturated heterocycles. The van der Waals surface area contributed by atoms with Crippen LogP contribution in [0.4, 0.5) is 0 Å².